The largest absolute Gasteiger partial charge is 0.394 e. The van der Waals surface area contributed by atoms with Crippen molar-refractivity contribution in [1.82, 2.24) is 4.90 Å². The van der Waals surface area contributed by atoms with Gasteiger partial charge in [0.1, 0.15) is 0 Å². The Morgan fingerprint density at radius 3 is 2.85 bits per heavy atom. The molecule has 1 amide bonds. The Balaban J connectivity index is 2.16. The highest BCUT2D eigenvalue weighted by atomic mass is 16.5. The Labute approximate surface area is 119 Å². The number of anilines is 1. The van der Waals surface area contributed by atoms with Crippen LogP contribution in [-0.4, -0.2) is 61.9 Å². The lowest BCUT2D eigenvalue weighted by atomic mass is 10.1. The summed E-state index contributed by atoms with van der Waals surface area (Å²) in [7, 11) is 3.89. The van der Waals surface area contributed by atoms with Crippen molar-refractivity contribution in [2.24, 2.45) is 0 Å². The zero-order valence-corrected chi connectivity index (χ0v) is 12.2. The van der Waals surface area contributed by atoms with Crippen molar-refractivity contribution in [2.45, 2.75) is 19.1 Å². The minimum absolute atomic E-state index is 0.0118. The summed E-state index contributed by atoms with van der Waals surface area (Å²) in [5.74, 6) is -0.0118. The lowest BCUT2D eigenvalue weighted by Crippen LogP contribution is -2.50. The number of ether oxygens (including phenoxy) is 1. The van der Waals surface area contributed by atoms with Crippen LogP contribution in [0.1, 0.15) is 17.3 Å². The van der Waals surface area contributed by atoms with Crippen LogP contribution in [0.2, 0.25) is 0 Å². The van der Waals surface area contributed by atoms with Crippen LogP contribution in [-0.2, 0) is 4.74 Å². The molecule has 2 rings (SSSR count). The number of morpholine rings is 1. The molecular formula is C15H22N2O3. The van der Waals surface area contributed by atoms with Crippen LogP contribution in [0.3, 0.4) is 0 Å². The van der Waals surface area contributed by atoms with Crippen molar-refractivity contribution in [1.29, 1.82) is 0 Å². The average molecular weight is 278 g/mol. The van der Waals surface area contributed by atoms with E-state index in [1.807, 2.05) is 50.2 Å². The molecule has 1 heterocycles. The maximum absolute atomic E-state index is 12.6. The van der Waals surface area contributed by atoms with Gasteiger partial charge in [-0.1, -0.05) is 6.07 Å². The van der Waals surface area contributed by atoms with E-state index in [0.717, 1.165) is 5.69 Å². The van der Waals surface area contributed by atoms with Crippen LogP contribution in [0.4, 0.5) is 5.69 Å². The van der Waals surface area contributed by atoms with Crippen molar-refractivity contribution < 1.29 is 14.6 Å². The zero-order chi connectivity index (χ0) is 14.7. The van der Waals surface area contributed by atoms with Gasteiger partial charge in [-0.25, -0.2) is 0 Å². The summed E-state index contributed by atoms with van der Waals surface area (Å²) in [4.78, 5) is 16.3. The van der Waals surface area contributed by atoms with Gasteiger partial charge >= 0.3 is 0 Å². The normalized spacial score (nSPS) is 22.7. The van der Waals surface area contributed by atoms with Gasteiger partial charge in [0.05, 0.1) is 18.8 Å². The van der Waals surface area contributed by atoms with Gasteiger partial charge in [-0.15, -0.1) is 0 Å². The number of hydrogen-bond donors (Lipinski definition) is 1. The number of amides is 1. The van der Waals surface area contributed by atoms with Crippen LogP contribution in [0.15, 0.2) is 24.3 Å². The Hall–Kier alpha value is -1.59. The molecular weight excluding hydrogens is 256 g/mol. The zero-order valence-electron chi connectivity index (χ0n) is 12.2. The summed E-state index contributed by atoms with van der Waals surface area (Å²) in [5, 5.41) is 9.23. The highest BCUT2D eigenvalue weighted by molar-refractivity contribution is 5.95. The number of aliphatic hydroxyl groups is 1. The van der Waals surface area contributed by atoms with E-state index < -0.39 is 0 Å². The number of benzene rings is 1. The topological polar surface area (TPSA) is 53.0 Å². The molecule has 0 saturated carbocycles. The molecule has 0 aromatic heterocycles. The molecule has 1 aliphatic rings. The lowest BCUT2D eigenvalue weighted by Gasteiger charge is -2.36. The van der Waals surface area contributed by atoms with Gasteiger partial charge in [-0.2, -0.15) is 0 Å². The van der Waals surface area contributed by atoms with Gasteiger partial charge in [0, 0.05) is 38.4 Å². The number of rotatable bonds is 3. The molecule has 5 heteroatoms. The molecule has 1 fully saturated rings. The van der Waals surface area contributed by atoms with Crippen LogP contribution in [0.25, 0.3) is 0 Å². The van der Waals surface area contributed by atoms with Gasteiger partial charge in [-0.3, -0.25) is 4.79 Å². The fourth-order valence-corrected chi connectivity index (χ4v) is 2.41. The Bertz CT molecular complexity index is 476. The molecule has 20 heavy (non-hydrogen) atoms. The standard InChI is InChI=1S/C15H22N2O3/c1-11-8-17(9-14(10-18)20-11)15(19)12-5-4-6-13(7-12)16(2)3/h4-7,11,14,18H,8-10H2,1-3H3. The lowest BCUT2D eigenvalue weighted by molar-refractivity contribution is -0.0858. The third-order valence-corrected chi connectivity index (χ3v) is 3.43. The summed E-state index contributed by atoms with van der Waals surface area (Å²) in [5.41, 5.74) is 1.66. The summed E-state index contributed by atoms with van der Waals surface area (Å²) in [6.45, 7) is 2.84. The SMILES string of the molecule is CC1CN(C(=O)c2cccc(N(C)C)c2)CC(CO)O1. The Morgan fingerprint density at radius 2 is 2.20 bits per heavy atom. The summed E-state index contributed by atoms with van der Waals surface area (Å²) < 4.78 is 5.56. The number of nitrogens with zero attached hydrogens (tertiary/aromatic N) is 2. The second kappa shape index (κ2) is 6.24. The van der Waals surface area contributed by atoms with Crippen molar-refractivity contribution in [3.63, 3.8) is 0 Å². The predicted octanol–water partition coefficient (Wildman–Crippen LogP) is 0.974. The fraction of sp³-hybridized carbons (Fsp3) is 0.533. The molecule has 2 unspecified atom stereocenters. The third kappa shape index (κ3) is 3.29. The number of aliphatic hydroxyl groups excluding tert-OH is 1. The van der Waals surface area contributed by atoms with E-state index in [9.17, 15) is 9.90 Å². The van der Waals surface area contributed by atoms with E-state index in [-0.39, 0.29) is 24.7 Å². The minimum Gasteiger partial charge on any atom is -0.394 e. The molecule has 0 bridgehead atoms. The molecule has 0 aliphatic carbocycles. The highest BCUT2D eigenvalue weighted by Gasteiger charge is 2.28. The molecule has 0 spiro atoms. The summed E-state index contributed by atoms with van der Waals surface area (Å²) in [6, 6.07) is 7.56. The van der Waals surface area contributed by atoms with E-state index in [2.05, 4.69) is 0 Å². The van der Waals surface area contributed by atoms with Crippen LogP contribution in [0.5, 0.6) is 0 Å². The smallest absolute Gasteiger partial charge is 0.254 e. The monoisotopic (exact) mass is 278 g/mol. The molecule has 1 saturated heterocycles. The molecule has 2 atom stereocenters. The van der Waals surface area contributed by atoms with Gasteiger partial charge in [-0.05, 0) is 25.1 Å². The molecule has 0 radical (unpaired) electrons. The number of carbonyl (C=O) groups is 1. The molecule has 1 aromatic carbocycles. The van der Waals surface area contributed by atoms with Crippen molar-refractivity contribution in [3.8, 4) is 0 Å². The number of carbonyl (C=O) groups excluding carboxylic acids is 1. The van der Waals surface area contributed by atoms with Crippen LogP contribution in [0, 0.1) is 0 Å². The Kier molecular flexibility index (Phi) is 4.62. The maximum Gasteiger partial charge on any atom is 0.254 e. The van der Waals surface area contributed by atoms with Gasteiger partial charge in [0.2, 0.25) is 0 Å². The van der Waals surface area contributed by atoms with Crippen LogP contribution >= 0.6 is 0 Å². The molecule has 110 valence electrons. The second-order valence-corrected chi connectivity index (χ2v) is 5.41. The summed E-state index contributed by atoms with van der Waals surface area (Å²) >= 11 is 0. The first-order valence-corrected chi connectivity index (χ1v) is 6.84. The highest BCUT2D eigenvalue weighted by Crippen LogP contribution is 2.18. The third-order valence-electron chi connectivity index (χ3n) is 3.43. The van der Waals surface area contributed by atoms with Gasteiger partial charge in [0.15, 0.2) is 0 Å². The maximum atomic E-state index is 12.6. The number of hydrogen-bond acceptors (Lipinski definition) is 4. The first kappa shape index (κ1) is 14.8. The average Bonchev–Trinajstić information content (AvgIpc) is 2.45. The molecule has 5 nitrogen and oxygen atoms in total. The van der Waals surface area contributed by atoms with Crippen molar-refractivity contribution in [2.75, 3.05) is 38.7 Å². The van der Waals surface area contributed by atoms with E-state index in [1.165, 1.54) is 0 Å². The Morgan fingerprint density at radius 1 is 1.45 bits per heavy atom. The second-order valence-electron chi connectivity index (χ2n) is 5.41. The predicted molar refractivity (Wildman–Crippen MR) is 78.1 cm³/mol. The molecule has 1 N–H and O–H groups in total. The van der Waals surface area contributed by atoms with Crippen molar-refractivity contribution >= 4 is 11.6 Å². The van der Waals surface area contributed by atoms with E-state index in [0.29, 0.717) is 18.7 Å². The van der Waals surface area contributed by atoms with Crippen molar-refractivity contribution in [3.05, 3.63) is 29.8 Å². The minimum atomic E-state index is -0.292. The summed E-state index contributed by atoms with van der Waals surface area (Å²) in [6.07, 6.45) is -0.346. The first-order chi connectivity index (χ1) is 9.51. The molecule has 1 aliphatic heterocycles. The van der Waals surface area contributed by atoms with E-state index in [4.69, 9.17) is 4.74 Å². The first-order valence-electron chi connectivity index (χ1n) is 6.84. The fourth-order valence-electron chi connectivity index (χ4n) is 2.41. The van der Waals surface area contributed by atoms with E-state index >= 15 is 0 Å². The van der Waals surface area contributed by atoms with Crippen LogP contribution < -0.4 is 4.90 Å². The quantitative estimate of drug-likeness (QED) is 0.895. The van der Waals surface area contributed by atoms with Gasteiger partial charge in [0.25, 0.3) is 5.91 Å². The molecule has 1 aromatic rings. The van der Waals surface area contributed by atoms with Gasteiger partial charge < -0.3 is 19.6 Å². The van der Waals surface area contributed by atoms with E-state index in [1.54, 1.807) is 4.90 Å².